The van der Waals surface area contributed by atoms with E-state index in [9.17, 15) is 4.57 Å². The predicted octanol–water partition coefficient (Wildman–Crippen LogP) is 3.47. The molecule has 0 aliphatic heterocycles. The Labute approximate surface area is 89.4 Å². The molecular weight excluding hydrogens is 193 g/mol. The summed E-state index contributed by atoms with van der Waals surface area (Å²) in [6.45, 7) is 4.33. The van der Waals surface area contributed by atoms with Crippen LogP contribution in [0.3, 0.4) is 0 Å². The minimum atomic E-state index is -1.88. The van der Waals surface area contributed by atoms with Crippen LogP contribution in [-0.4, -0.2) is 37.6 Å². The third kappa shape index (κ3) is 6.62. The number of rotatable bonds is 8. The summed E-state index contributed by atoms with van der Waals surface area (Å²) in [5.41, 5.74) is 0. The van der Waals surface area contributed by atoms with Gasteiger partial charge in [-0.2, -0.15) is 0 Å². The fourth-order valence-electron chi connectivity index (χ4n) is 1.66. The Kier molecular flexibility index (Phi) is 7.58. The van der Waals surface area contributed by atoms with E-state index in [4.69, 9.17) is 0 Å². The molecule has 0 amide bonds. The van der Waals surface area contributed by atoms with Crippen LogP contribution in [0.5, 0.6) is 0 Å². The summed E-state index contributed by atoms with van der Waals surface area (Å²) in [5, 5.41) is 0. The van der Waals surface area contributed by atoms with E-state index in [2.05, 4.69) is 18.7 Å². The Balaban J connectivity index is 4.11. The minimum Gasteiger partial charge on any atom is -0.322 e. The number of unbranched alkanes of at least 4 members (excludes halogenated alkanes) is 2. The summed E-state index contributed by atoms with van der Waals surface area (Å²) < 4.78 is 12.5. The molecule has 0 heterocycles. The van der Waals surface area contributed by atoms with E-state index in [1.165, 1.54) is 0 Å². The van der Waals surface area contributed by atoms with Gasteiger partial charge < -0.3 is 9.46 Å². The molecule has 2 nitrogen and oxygen atoms in total. The van der Waals surface area contributed by atoms with Gasteiger partial charge in [0.05, 0.1) is 6.29 Å². The van der Waals surface area contributed by atoms with Crippen molar-refractivity contribution in [1.82, 2.24) is 4.90 Å². The van der Waals surface area contributed by atoms with Gasteiger partial charge in [-0.25, -0.2) is 0 Å². The molecule has 0 aromatic heterocycles. The zero-order valence-corrected chi connectivity index (χ0v) is 11.1. The van der Waals surface area contributed by atoms with Crippen LogP contribution in [0.15, 0.2) is 0 Å². The molecule has 0 radical (unpaired) electrons. The first kappa shape index (κ1) is 14.2. The number of nitrogens with zero attached hydrogens (tertiary/aromatic N) is 1. The third-order valence-electron chi connectivity index (χ3n) is 2.38. The first-order valence-electron chi connectivity index (χ1n) is 5.76. The van der Waals surface area contributed by atoms with Crippen LogP contribution in [0, 0.1) is 0 Å². The minimum absolute atomic E-state index is 0.799. The molecule has 0 fully saturated rings. The van der Waals surface area contributed by atoms with Crippen LogP contribution in [0.4, 0.5) is 0 Å². The highest BCUT2D eigenvalue weighted by molar-refractivity contribution is 7.63. The predicted molar refractivity (Wildman–Crippen MR) is 65.7 cm³/mol. The van der Waals surface area contributed by atoms with Gasteiger partial charge in [0.25, 0.3) is 0 Å². The van der Waals surface area contributed by atoms with Gasteiger partial charge in [-0.1, -0.05) is 26.7 Å². The first-order valence-corrected chi connectivity index (χ1v) is 8.02. The van der Waals surface area contributed by atoms with Crippen molar-refractivity contribution < 1.29 is 4.57 Å². The zero-order valence-electron chi connectivity index (χ0n) is 10.3. The second-order valence-electron chi connectivity index (χ2n) is 4.43. The molecule has 0 saturated carbocycles. The van der Waals surface area contributed by atoms with Crippen LogP contribution >= 0.6 is 7.14 Å². The maximum Gasteiger partial charge on any atom is 0.101 e. The van der Waals surface area contributed by atoms with Crippen LogP contribution in [0.1, 0.15) is 39.5 Å². The second-order valence-corrected chi connectivity index (χ2v) is 7.73. The third-order valence-corrected chi connectivity index (χ3v) is 5.72. The Morgan fingerprint density at radius 2 is 1.43 bits per heavy atom. The normalized spacial score (nSPS) is 12.4. The maximum atomic E-state index is 12.5. The standard InChI is InChI=1S/C11H26NOP/c1-5-7-9-14(13,10-8-6-2)11-12(3)4/h5-11H2,1-4H3. The summed E-state index contributed by atoms with van der Waals surface area (Å²) in [7, 11) is 2.15. The lowest BCUT2D eigenvalue weighted by Crippen LogP contribution is -2.16. The Bertz CT molecular complexity index is 168. The van der Waals surface area contributed by atoms with Crippen LogP contribution < -0.4 is 0 Å². The van der Waals surface area contributed by atoms with Crippen molar-refractivity contribution in [3.63, 3.8) is 0 Å². The van der Waals surface area contributed by atoms with E-state index in [1.54, 1.807) is 0 Å². The second kappa shape index (κ2) is 7.48. The molecule has 0 saturated heterocycles. The fraction of sp³-hybridized carbons (Fsp3) is 1.00. The molecule has 0 rings (SSSR count). The molecule has 0 aliphatic rings. The molecule has 86 valence electrons. The van der Waals surface area contributed by atoms with E-state index in [-0.39, 0.29) is 0 Å². The van der Waals surface area contributed by atoms with Crippen molar-refractivity contribution in [1.29, 1.82) is 0 Å². The summed E-state index contributed by atoms with van der Waals surface area (Å²) in [4.78, 5) is 2.08. The number of hydrogen-bond acceptors (Lipinski definition) is 2. The Morgan fingerprint density at radius 3 is 1.71 bits per heavy atom. The van der Waals surface area contributed by atoms with E-state index in [1.807, 2.05) is 14.1 Å². The van der Waals surface area contributed by atoms with Gasteiger partial charge in [-0.15, -0.1) is 0 Å². The van der Waals surface area contributed by atoms with Crippen molar-refractivity contribution in [3.05, 3.63) is 0 Å². The topological polar surface area (TPSA) is 20.3 Å². The monoisotopic (exact) mass is 219 g/mol. The summed E-state index contributed by atoms with van der Waals surface area (Å²) in [5.74, 6) is 0. The highest BCUT2D eigenvalue weighted by Crippen LogP contribution is 2.47. The SMILES string of the molecule is CCCCP(=O)(CCCC)CN(C)C. The quantitative estimate of drug-likeness (QED) is 0.583. The van der Waals surface area contributed by atoms with Crippen molar-refractivity contribution in [2.24, 2.45) is 0 Å². The molecule has 0 spiro atoms. The Hall–Kier alpha value is 0.190. The zero-order chi connectivity index (χ0) is 11.0. The van der Waals surface area contributed by atoms with Crippen LogP contribution in [-0.2, 0) is 4.57 Å². The van der Waals surface area contributed by atoms with Gasteiger partial charge in [0.2, 0.25) is 0 Å². The molecular formula is C11H26NOP. The van der Waals surface area contributed by atoms with Crippen molar-refractivity contribution >= 4 is 7.14 Å². The number of hydrogen-bond donors (Lipinski definition) is 0. The largest absolute Gasteiger partial charge is 0.322 e. The average Bonchev–Trinajstić information content (AvgIpc) is 2.11. The van der Waals surface area contributed by atoms with Gasteiger partial charge >= 0.3 is 0 Å². The highest BCUT2D eigenvalue weighted by atomic mass is 31.2. The molecule has 0 bridgehead atoms. The fourth-order valence-corrected chi connectivity index (χ4v) is 4.98. The van der Waals surface area contributed by atoms with Gasteiger partial charge in [0.1, 0.15) is 7.14 Å². The lowest BCUT2D eigenvalue weighted by Gasteiger charge is -2.21. The van der Waals surface area contributed by atoms with Crippen molar-refractivity contribution in [3.8, 4) is 0 Å². The molecule has 14 heavy (non-hydrogen) atoms. The first-order chi connectivity index (χ1) is 6.54. The molecule has 0 aliphatic carbocycles. The molecule has 0 atom stereocenters. The summed E-state index contributed by atoms with van der Waals surface area (Å²) in [6.07, 6.45) is 7.24. The molecule has 0 N–H and O–H groups in total. The Morgan fingerprint density at radius 1 is 1.00 bits per heavy atom. The highest BCUT2D eigenvalue weighted by Gasteiger charge is 2.21. The molecule has 3 heteroatoms. The van der Waals surface area contributed by atoms with E-state index >= 15 is 0 Å². The summed E-state index contributed by atoms with van der Waals surface area (Å²) >= 11 is 0. The maximum absolute atomic E-state index is 12.5. The van der Waals surface area contributed by atoms with E-state index < -0.39 is 7.14 Å². The lowest BCUT2D eigenvalue weighted by atomic mass is 10.4. The van der Waals surface area contributed by atoms with Crippen molar-refractivity contribution in [2.75, 3.05) is 32.7 Å². The lowest BCUT2D eigenvalue weighted by molar-refractivity contribution is 0.459. The van der Waals surface area contributed by atoms with Gasteiger partial charge in [-0.05, 0) is 26.9 Å². The van der Waals surface area contributed by atoms with Crippen LogP contribution in [0.25, 0.3) is 0 Å². The smallest absolute Gasteiger partial charge is 0.101 e. The van der Waals surface area contributed by atoms with Crippen LogP contribution in [0.2, 0.25) is 0 Å². The van der Waals surface area contributed by atoms with Gasteiger partial charge in [-0.3, -0.25) is 0 Å². The average molecular weight is 219 g/mol. The van der Waals surface area contributed by atoms with Gasteiger partial charge in [0, 0.05) is 12.3 Å². The molecule has 0 unspecified atom stereocenters. The molecule has 0 aromatic rings. The summed E-state index contributed by atoms with van der Waals surface area (Å²) in [6, 6.07) is 0. The molecule has 0 aromatic carbocycles. The van der Waals surface area contributed by atoms with Crippen molar-refractivity contribution in [2.45, 2.75) is 39.5 Å². The van der Waals surface area contributed by atoms with E-state index in [0.29, 0.717) is 0 Å². The van der Waals surface area contributed by atoms with Gasteiger partial charge in [0.15, 0.2) is 0 Å². The van der Waals surface area contributed by atoms with E-state index in [0.717, 1.165) is 44.3 Å².